The lowest BCUT2D eigenvalue weighted by atomic mass is 9.73. The van der Waals surface area contributed by atoms with Crippen LogP contribution in [0.3, 0.4) is 0 Å². The van der Waals surface area contributed by atoms with Crippen molar-refractivity contribution in [2.75, 3.05) is 26.2 Å². The average molecular weight is 366 g/mol. The number of rotatable bonds is 3. The highest BCUT2D eigenvalue weighted by molar-refractivity contribution is 5.93. The topological polar surface area (TPSA) is 69.3 Å². The van der Waals surface area contributed by atoms with E-state index < -0.39 is 0 Å². The zero-order chi connectivity index (χ0) is 18.7. The summed E-state index contributed by atoms with van der Waals surface area (Å²) in [6, 6.07) is 10.6. The molecule has 0 radical (unpaired) electrons. The van der Waals surface area contributed by atoms with Gasteiger partial charge in [0.2, 0.25) is 0 Å². The Balaban J connectivity index is 1.47. The predicted molar refractivity (Wildman–Crippen MR) is 103 cm³/mol. The fourth-order valence-corrected chi connectivity index (χ4v) is 4.67. The number of H-pyrrole nitrogens is 1. The van der Waals surface area contributed by atoms with Crippen molar-refractivity contribution in [2.24, 2.45) is 5.41 Å². The van der Waals surface area contributed by atoms with Crippen molar-refractivity contribution in [3.63, 3.8) is 0 Å². The van der Waals surface area contributed by atoms with Crippen LogP contribution in [-0.4, -0.2) is 51.9 Å². The highest BCUT2D eigenvalue weighted by atomic mass is 16.2. The first-order valence-electron chi connectivity index (χ1n) is 9.74. The van der Waals surface area contributed by atoms with Crippen LogP contribution in [0.1, 0.15) is 41.6 Å². The molecule has 0 unspecified atom stereocenters. The first kappa shape index (κ1) is 17.9. The maximum atomic E-state index is 12.9. The molecule has 1 N–H and O–H groups in total. The van der Waals surface area contributed by atoms with E-state index in [2.05, 4.69) is 39.1 Å². The van der Waals surface area contributed by atoms with Crippen molar-refractivity contribution in [3.8, 4) is 0 Å². The van der Waals surface area contributed by atoms with Crippen molar-refractivity contribution in [1.29, 1.82) is 0 Å². The van der Waals surface area contributed by atoms with E-state index in [0.717, 1.165) is 51.9 Å². The van der Waals surface area contributed by atoms with Crippen molar-refractivity contribution in [3.05, 3.63) is 64.3 Å². The van der Waals surface area contributed by atoms with Crippen LogP contribution in [0.25, 0.3) is 0 Å². The lowest BCUT2D eigenvalue weighted by Gasteiger charge is -2.48. The Morgan fingerprint density at radius 1 is 1.11 bits per heavy atom. The minimum Gasteiger partial charge on any atom is -0.338 e. The number of aromatic nitrogens is 2. The van der Waals surface area contributed by atoms with Crippen LogP contribution in [-0.2, 0) is 6.54 Å². The van der Waals surface area contributed by atoms with Gasteiger partial charge >= 0.3 is 0 Å². The number of hydrogen-bond donors (Lipinski definition) is 1. The van der Waals surface area contributed by atoms with E-state index in [1.54, 1.807) is 0 Å². The Bertz CT molecular complexity index is 847. The van der Waals surface area contributed by atoms with E-state index in [-0.39, 0.29) is 22.4 Å². The monoisotopic (exact) mass is 366 g/mol. The second-order valence-corrected chi connectivity index (χ2v) is 7.92. The quantitative estimate of drug-likeness (QED) is 0.905. The van der Waals surface area contributed by atoms with Gasteiger partial charge in [-0.1, -0.05) is 30.3 Å². The molecule has 1 spiro atoms. The van der Waals surface area contributed by atoms with Crippen LogP contribution in [0.15, 0.2) is 47.7 Å². The minimum absolute atomic E-state index is 0.135. The van der Waals surface area contributed by atoms with Crippen LogP contribution >= 0.6 is 0 Å². The number of nitrogens with one attached hydrogen (secondary N) is 1. The Hall–Kier alpha value is -2.47. The number of aromatic amines is 1. The first-order valence-corrected chi connectivity index (χ1v) is 9.74. The third-order valence-corrected chi connectivity index (χ3v) is 5.89. The molecule has 2 fully saturated rings. The van der Waals surface area contributed by atoms with Gasteiger partial charge in [-0.2, -0.15) is 0 Å². The number of amides is 1. The Morgan fingerprint density at radius 2 is 1.89 bits per heavy atom. The highest BCUT2D eigenvalue weighted by Crippen LogP contribution is 2.39. The van der Waals surface area contributed by atoms with Crippen LogP contribution in [0.4, 0.5) is 0 Å². The zero-order valence-electron chi connectivity index (χ0n) is 15.6. The van der Waals surface area contributed by atoms with Gasteiger partial charge in [-0.15, -0.1) is 0 Å². The lowest BCUT2D eigenvalue weighted by Crippen LogP contribution is -2.53. The second-order valence-electron chi connectivity index (χ2n) is 7.92. The van der Waals surface area contributed by atoms with E-state index >= 15 is 0 Å². The summed E-state index contributed by atoms with van der Waals surface area (Å²) in [5, 5.41) is 0. The summed E-state index contributed by atoms with van der Waals surface area (Å²) < 4.78 is 0. The number of piperidine rings is 2. The van der Waals surface area contributed by atoms with Crippen molar-refractivity contribution >= 4 is 5.91 Å². The maximum absolute atomic E-state index is 12.9. The van der Waals surface area contributed by atoms with Crippen molar-refractivity contribution < 1.29 is 4.79 Å². The summed E-state index contributed by atoms with van der Waals surface area (Å²) in [4.78, 5) is 35.6. The smallest absolute Gasteiger partial charge is 0.263 e. The molecule has 3 heterocycles. The van der Waals surface area contributed by atoms with E-state index in [4.69, 9.17) is 0 Å². The van der Waals surface area contributed by atoms with Crippen molar-refractivity contribution in [1.82, 2.24) is 19.8 Å². The number of carbonyl (C=O) groups is 1. The molecule has 4 rings (SSSR count). The van der Waals surface area contributed by atoms with Gasteiger partial charge in [-0.05, 0) is 37.8 Å². The minimum atomic E-state index is -0.357. The molecule has 2 saturated heterocycles. The molecule has 27 heavy (non-hydrogen) atoms. The maximum Gasteiger partial charge on any atom is 0.263 e. The Kier molecular flexibility index (Phi) is 5.07. The summed E-state index contributed by atoms with van der Waals surface area (Å²) in [7, 11) is 0. The third-order valence-electron chi connectivity index (χ3n) is 5.89. The number of nitrogens with zero attached hydrogens (tertiary/aromatic N) is 3. The van der Waals surface area contributed by atoms with Crippen LogP contribution < -0.4 is 5.56 Å². The normalized spacial score (nSPS) is 23.5. The van der Waals surface area contributed by atoms with Crippen LogP contribution in [0.5, 0.6) is 0 Å². The molecule has 2 aliphatic rings. The average Bonchev–Trinajstić information content (AvgIpc) is 2.69. The molecule has 1 aromatic heterocycles. The molecule has 2 aromatic rings. The zero-order valence-corrected chi connectivity index (χ0v) is 15.6. The molecule has 6 heteroatoms. The van der Waals surface area contributed by atoms with Gasteiger partial charge in [0.15, 0.2) is 0 Å². The van der Waals surface area contributed by atoms with E-state index in [0.29, 0.717) is 6.54 Å². The van der Waals surface area contributed by atoms with Gasteiger partial charge in [0, 0.05) is 37.8 Å². The number of carbonyl (C=O) groups excluding carboxylic acids is 1. The van der Waals surface area contributed by atoms with E-state index in [9.17, 15) is 9.59 Å². The number of benzene rings is 1. The molecule has 142 valence electrons. The molecule has 0 saturated carbocycles. The standard InChI is InChI=1S/C21H26N4O2/c26-19-18(12-22-16-23-19)20(27)25-11-5-9-21(15-25)8-4-10-24(14-21)13-17-6-2-1-3-7-17/h1-3,6-7,12,16H,4-5,8-11,13-15H2,(H,22,23,26)/t21-/m0/s1. The fraction of sp³-hybridized carbons (Fsp3) is 0.476. The van der Waals surface area contributed by atoms with Gasteiger partial charge in [0.1, 0.15) is 5.56 Å². The summed E-state index contributed by atoms with van der Waals surface area (Å²) in [5.74, 6) is -0.191. The molecule has 1 amide bonds. The molecular weight excluding hydrogens is 340 g/mol. The van der Waals surface area contributed by atoms with Crippen LogP contribution in [0, 0.1) is 5.41 Å². The number of hydrogen-bond acceptors (Lipinski definition) is 4. The third kappa shape index (κ3) is 3.95. The van der Waals surface area contributed by atoms with Gasteiger partial charge in [0.05, 0.1) is 6.33 Å². The van der Waals surface area contributed by atoms with Crippen molar-refractivity contribution in [2.45, 2.75) is 32.2 Å². The highest BCUT2D eigenvalue weighted by Gasteiger charge is 2.40. The second kappa shape index (κ2) is 7.64. The van der Waals surface area contributed by atoms with E-state index in [1.807, 2.05) is 11.0 Å². The predicted octanol–water partition coefficient (Wildman–Crippen LogP) is 2.29. The molecule has 0 bridgehead atoms. The van der Waals surface area contributed by atoms with Crippen LogP contribution in [0.2, 0.25) is 0 Å². The summed E-state index contributed by atoms with van der Waals surface area (Å²) in [6.07, 6.45) is 7.13. The molecular formula is C21H26N4O2. The van der Waals surface area contributed by atoms with E-state index in [1.165, 1.54) is 18.1 Å². The van der Waals surface area contributed by atoms with Gasteiger partial charge in [-0.25, -0.2) is 4.98 Å². The van der Waals surface area contributed by atoms with Gasteiger partial charge < -0.3 is 9.88 Å². The summed E-state index contributed by atoms with van der Waals surface area (Å²) >= 11 is 0. The molecule has 1 aromatic carbocycles. The molecule has 6 nitrogen and oxygen atoms in total. The largest absolute Gasteiger partial charge is 0.338 e. The molecule has 2 aliphatic heterocycles. The fourth-order valence-electron chi connectivity index (χ4n) is 4.67. The SMILES string of the molecule is O=C(c1cnc[nH]c1=O)N1CCC[C@]2(CCCN(Cc3ccccc3)C2)C1. The number of likely N-dealkylation sites (tertiary alicyclic amines) is 2. The Labute approximate surface area is 159 Å². The molecule has 0 aliphatic carbocycles. The summed E-state index contributed by atoms with van der Waals surface area (Å²) in [6.45, 7) is 4.51. The van der Waals surface area contributed by atoms with Gasteiger partial charge in [0.25, 0.3) is 11.5 Å². The van der Waals surface area contributed by atoms with Gasteiger partial charge in [-0.3, -0.25) is 14.5 Å². The first-order chi connectivity index (χ1) is 13.2. The lowest BCUT2D eigenvalue weighted by molar-refractivity contribution is 0.0112. The molecule has 1 atom stereocenters. The Morgan fingerprint density at radius 3 is 2.67 bits per heavy atom. The summed E-state index contributed by atoms with van der Waals surface area (Å²) in [5.41, 5.74) is 1.26.